The van der Waals surface area contributed by atoms with Gasteiger partial charge < -0.3 is 14.8 Å². The zero-order valence-corrected chi connectivity index (χ0v) is 12.0. The second-order valence-electron chi connectivity index (χ2n) is 7.18. The van der Waals surface area contributed by atoms with Gasteiger partial charge in [-0.2, -0.15) is 0 Å². The summed E-state index contributed by atoms with van der Waals surface area (Å²) in [5.74, 6) is 1.81. The number of ether oxygens (including phenoxy) is 2. The van der Waals surface area contributed by atoms with Crippen molar-refractivity contribution in [2.24, 2.45) is 11.8 Å². The van der Waals surface area contributed by atoms with Gasteiger partial charge in [0.05, 0.1) is 5.60 Å². The highest BCUT2D eigenvalue weighted by Crippen LogP contribution is 2.53. The lowest BCUT2D eigenvalue weighted by atomic mass is 9.69. The molecule has 3 aliphatic heterocycles. The maximum absolute atomic E-state index is 6.23. The molecule has 3 saturated heterocycles. The van der Waals surface area contributed by atoms with E-state index in [0.717, 1.165) is 44.5 Å². The molecule has 108 valence electrons. The van der Waals surface area contributed by atoms with Gasteiger partial charge in [-0.25, -0.2) is 0 Å². The lowest BCUT2D eigenvalue weighted by Crippen LogP contribution is -2.55. The smallest absolute Gasteiger partial charge is 0.0729 e. The molecule has 19 heavy (non-hydrogen) atoms. The topological polar surface area (TPSA) is 30.5 Å². The molecule has 4 fully saturated rings. The normalized spacial score (nSPS) is 42.6. The highest BCUT2D eigenvalue weighted by Gasteiger charge is 2.54. The number of hydrogen-bond acceptors (Lipinski definition) is 3. The highest BCUT2D eigenvalue weighted by molar-refractivity contribution is 5.10. The minimum absolute atomic E-state index is 0.160. The quantitative estimate of drug-likeness (QED) is 0.832. The molecule has 0 bridgehead atoms. The van der Waals surface area contributed by atoms with Crippen LogP contribution in [0.25, 0.3) is 0 Å². The number of rotatable bonds is 2. The van der Waals surface area contributed by atoms with Crippen LogP contribution in [0, 0.1) is 11.8 Å². The molecule has 0 aromatic carbocycles. The van der Waals surface area contributed by atoms with E-state index < -0.39 is 0 Å². The molecule has 0 amide bonds. The van der Waals surface area contributed by atoms with Crippen molar-refractivity contribution in [3.05, 3.63) is 0 Å². The van der Waals surface area contributed by atoms with Crippen molar-refractivity contribution in [2.45, 2.75) is 62.5 Å². The molecule has 1 saturated carbocycles. The third kappa shape index (κ3) is 2.14. The lowest BCUT2D eigenvalue weighted by molar-refractivity contribution is -0.157. The average molecular weight is 265 g/mol. The average Bonchev–Trinajstić information content (AvgIpc) is 3.18. The van der Waals surface area contributed by atoms with E-state index in [4.69, 9.17) is 9.47 Å². The molecule has 3 heteroatoms. The van der Waals surface area contributed by atoms with Crippen LogP contribution in [-0.4, -0.2) is 37.5 Å². The molecular formula is C16H27NO2. The Morgan fingerprint density at radius 2 is 1.74 bits per heavy atom. The summed E-state index contributed by atoms with van der Waals surface area (Å²) in [6.07, 6.45) is 10.5. The van der Waals surface area contributed by atoms with Gasteiger partial charge in [-0.05, 0) is 69.7 Å². The van der Waals surface area contributed by atoms with E-state index in [0.29, 0.717) is 5.54 Å². The van der Waals surface area contributed by atoms with Crippen LogP contribution in [0.3, 0.4) is 0 Å². The van der Waals surface area contributed by atoms with Gasteiger partial charge in [0, 0.05) is 25.4 Å². The molecule has 0 aromatic heterocycles. The first-order valence-electron chi connectivity index (χ1n) is 8.30. The molecule has 1 spiro atoms. The van der Waals surface area contributed by atoms with Gasteiger partial charge in [0.15, 0.2) is 0 Å². The van der Waals surface area contributed by atoms with Crippen LogP contribution in [-0.2, 0) is 9.47 Å². The monoisotopic (exact) mass is 265 g/mol. The zero-order chi connectivity index (χ0) is 12.8. The number of nitrogens with one attached hydrogen (secondary N) is 1. The summed E-state index contributed by atoms with van der Waals surface area (Å²) in [5.41, 5.74) is 0.641. The largest absolute Gasteiger partial charge is 0.381 e. The molecule has 4 aliphatic rings. The Kier molecular flexibility index (Phi) is 3.13. The van der Waals surface area contributed by atoms with E-state index >= 15 is 0 Å². The molecule has 3 heterocycles. The molecule has 0 radical (unpaired) electrons. The fourth-order valence-corrected chi connectivity index (χ4v) is 4.98. The van der Waals surface area contributed by atoms with E-state index in [9.17, 15) is 0 Å². The lowest BCUT2D eigenvalue weighted by Gasteiger charge is -2.49. The highest BCUT2D eigenvalue weighted by atomic mass is 16.5. The second-order valence-corrected chi connectivity index (χ2v) is 7.18. The van der Waals surface area contributed by atoms with Gasteiger partial charge in [-0.15, -0.1) is 0 Å². The van der Waals surface area contributed by atoms with Crippen molar-refractivity contribution in [3.8, 4) is 0 Å². The third-order valence-electron chi connectivity index (χ3n) is 6.15. The molecular weight excluding hydrogens is 238 g/mol. The second kappa shape index (κ2) is 4.71. The standard InChI is InChI=1S/C16H27NO2/c1-5-16(17-8-1,13-2-3-13)14-4-9-19-15(12-14)6-10-18-11-7-15/h13-14,17H,1-12H2. The van der Waals surface area contributed by atoms with Crippen LogP contribution in [0.4, 0.5) is 0 Å². The Bertz CT molecular complexity index is 322. The van der Waals surface area contributed by atoms with Gasteiger partial charge in [0.1, 0.15) is 0 Å². The molecule has 0 aromatic rings. The summed E-state index contributed by atoms with van der Waals surface area (Å²) in [7, 11) is 0. The first-order chi connectivity index (χ1) is 9.33. The molecule has 2 atom stereocenters. The van der Waals surface area contributed by atoms with E-state index in [1.165, 1.54) is 45.1 Å². The first-order valence-corrected chi connectivity index (χ1v) is 8.30. The minimum Gasteiger partial charge on any atom is -0.381 e. The van der Waals surface area contributed by atoms with Crippen molar-refractivity contribution in [1.29, 1.82) is 0 Å². The van der Waals surface area contributed by atoms with Gasteiger partial charge in [0.2, 0.25) is 0 Å². The summed E-state index contributed by atoms with van der Waals surface area (Å²) in [4.78, 5) is 0. The van der Waals surface area contributed by atoms with Crippen molar-refractivity contribution >= 4 is 0 Å². The van der Waals surface area contributed by atoms with E-state index in [-0.39, 0.29) is 5.60 Å². The fraction of sp³-hybridized carbons (Fsp3) is 1.00. The SMILES string of the molecule is C1CNC(C2CC2)(C2CCOC3(CCOCC3)C2)C1. The van der Waals surface area contributed by atoms with Crippen molar-refractivity contribution < 1.29 is 9.47 Å². The van der Waals surface area contributed by atoms with Crippen molar-refractivity contribution in [3.63, 3.8) is 0 Å². The summed E-state index contributed by atoms with van der Waals surface area (Å²) in [6.45, 7) is 4.01. The molecule has 1 aliphatic carbocycles. The molecule has 3 nitrogen and oxygen atoms in total. The van der Waals surface area contributed by atoms with E-state index in [1.54, 1.807) is 0 Å². The summed E-state index contributed by atoms with van der Waals surface area (Å²) < 4.78 is 11.8. The van der Waals surface area contributed by atoms with Crippen molar-refractivity contribution in [2.75, 3.05) is 26.4 Å². The van der Waals surface area contributed by atoms with Gasteiger partial charge in [-0.1, -0.05) is 0 Å². The van der Waals surface area contributed by atoms with Crippen LogP contribution in [0.15, 0.2) is 0 Å². The first kappa shape index (κ1) is 12.6. The summed E-state index contributed by atoms with van der Waals surface area (Å²) >= 11 is 0. The van der Waals surface area contributed by atoms with Crippen LogP contribution >= 0.6 is 0 Å². The van der Waals surface area contributed by atoms with Gasteiger partial charge in [0.25, 0.3) is 0 Å². The number of hydrogen-bond donors (Lipinski definition) is 1. The van der Waals surface area contributed by atoms with Crippen LogP contribution in [0.2, 0.25) is 0 Å². The van der Waals surface area contributed by atoms with Crippen LogP contribution < -0.4 is 5.32 Å². The Balaban J connectivity index is 1.53. The Morgan fingerprint density at radius 3 is 2.42 bits per heavy atom. The van der Waals surface area contributed by atoms with Gasteiger partial charge >= 0.3 is 0 Å². The summed E-state index contributed by atoms with van der Waals surface area (Å²) in [5, 5.41) is 3.94. The predicted octanol–water partition coefficient (Wildman–Crippen LogP) is 2.49. The summed E-state index contributed by atoms with van der Waals surface area (Å²) in [6, 6.07) is 0. The Morgan fingerprint density at radius 1 is 0.895 bits per heavy atom. The third-order valence-corrected chi connectivity index (χ3v) is 6.15. The Hall–Kier alpha value is -0.120. The minimum atomic E-state index is 0.160. The molecule has 4 rings (SSSR count). The zero-order valence-electron chi connectivity index (χ0n) is 12.0. The van der Waals surface area contributed by atoms with E-state index in [1.807, 2.05) is 0 Å². The Labute approximate surface area is 116 Å². The van der Waals surface area contributed by atoms with Crippen LogP contribution in [0.1, 0.15) is 51.4 Å². The van der Waals surface area contributed by atoms with E-state index in [2.05, 4.69) is 5.32 Å². The molecule has 1 N–H and O–H groups in total. The maximum Gasteiger partial charge on any atom is 0.0729 e. The van der Waals surface area contributed by atoms with Crippen LogP contribution in [0.5, 0.6) is 0 Å². The predicted molar refractivity (Wildman–Crippen MR) is 74.2 cm³/mol. The molecule has 2 unspecified atom stereocenters. The van der Waals surface area contributed by atoms with Gasteiger partial charge in [-0.3, -0.25) is 0 Å². The van der Waals surface area contributed by atoms with Crippen molar-refractivity contribution in [1.82, 2.24) is 5.32 Å². The maximum atomic E-state index is 6.23. The fourth-order valence-electron chi connectivity index (χ4n) is 4.98.